The molecule has 1 aromatic carbocycles. The monoisotopic (exact) mass is 387 g/mol. The number of anilines is 1. The minimum Gasteiger partial charge on any atom is -0.492 e. The average molecular weight is 388 g/mol. The molecule has 0 radical (unpaired) electrons. The molecule has 1 saturated carbocycles. The van der Waals surface area contributed by atoms with Gasteiger partial charge in [0, 0.05) is 32.2 Å². The normalized spacial score (nSPS) is 27.3. The molecule has 0 unspecified atom stereocenters. The number of carbonyl (C=O) groups excluding carboxylic acids is 1. The number of carbonyl (C=O) groups is 1. The second-order valence-corrected chi connectivity index (χ2v) is 8.48. The van der Waals surface area contributed by atoms with Gasteiger partial charge < -0.3 is 15.0 Å². The summed E-state index contributed by atoms with van der Waals surface area (Å²) in [7, 11) is 0. The van der Waals surface area contributed by atoms with Crippen LogP contribution in [0.4, 0.5) is 5.69 Å². The lowest BCUT2D eigenvalue weighted by atomic mass is 9.78. The van der Waals surface area contributed by atoms with Crippen LogP contribution in [0.15, 0.2) is 24.3 Å². The van der Waals surface area contributed by atoms with Gasteiger partial charge in [-0.05, 0) is 44.2 Å². The van der Waals surface area contributed by atoms with Crippen molar-refractivity contribution in [3.63, 3.8) is 0 Å². The number of rotatable bonds is 6. The number of hydrogen-bond donors (Lipinski definition) is 1. The summed E-state index contributed by atoms with van der Waals surface area (Å²) >= 11 is 0. The predicted molar refractivity (Wildman–Crippen MR) is 115 cm³/mol. The molecule has 2 aliphatic rings. The fraction of sp³-hybridized carbons (Fsp3) is 0.696. The molecule has 3 rings (SSSR count). The SMILES string of the molecule is CCOc1ccccc1N1CCN([C@H](C)C(=O)N[C@H]2CCC[C@H](C)[C@@H]2C)CC1. The molecule has 1 amide bonds. The Bertz CT molecular complexity index is 642. The van der Waals surface area contributed by atoms with Gasteiger partial charge in [0.1, 0.15) is 5.75 Å². The van der Waals surface area contributed by atoms with Gasteiger partial charge in [-0.25, -0.2) is 0 Å². The Kier molecular flexibility index (Phi) is 7.22. The van der Waals surface area contributed by atoms with E-state index in [-0.39, 0.29) is 11.9 Å². The van der Waals surface area contributed by atoms with Crippen LogP contribution in [-0.2, 0) is 4.79 Å². The number of piperazine rings is 1. The van der Waals surface area contributed by atoms with E-state index in [2.05, 4.69) is 48.0 Å². The predicted octanol–water partition coefficient (Wildman–Crippen LogP) is 3.54. The minimum atomic E-state index is -0.0753. The summed E-state index contributed by atoms with van der Waals surface area (Å²) in [4.78, 5) is 17.6. The molecule has 28 heavy (non-hydrogen) atoms. The topological polar surface area (TPSA) is 44.8 Å². The van der Waals surface area contributed by atoms with Gasteiger partial charge in [-0.1, -0.05) is 38.8 Å². The third-order valence-electron chi connectivity index (χ3n) is 6.78. The van der Waals surface area contributed by atoms with Crippen molar-refractivity contribution in [2.75, 3.05) is 37.7 Å². The maximum Gasteiger partial charge on any atom is 0.237 e. The van der Waals surface area contributed by atoms with Crippen molar-refractivity contribution in [2.45, 2.75) is 59.0 Å². The third-order valence-corrected chi connectivity index (χ3v) is 6.78. The number of benzene rings is 1. The number of nitrogens with zero attached hydrogens (tertiary/aromatic N) is 2. The van der Waals surface area contributed by atoms with Crippen LogP contribution in [-0.4, -0.2) is 55.7 Å². The summed E-state index contributed by atoms with van der Waals surface area (Å²) in [6.45, 7) is 13.0. The standard InChI is InChI=1S/C23H37N3O2/c1-5-28-22-12-7-6-11-21(22)26-15-13-25(14-16-26)19(4)23(27)24-20-10-8-9-17(2)18(20)3/h6-7,11-12,17-20H,5,8-10,13-16H2,1-4H3,(H,24,27)/t17-,18-,19+,20-/m0/s1. The largest absolute Gasteiger partial charge is 0.492 e. The third kappa shape index (κ3) is 4.80. The van der Waals surface area contributed by atoms with Crippen molar-refractivity contribution in [1.29, 1.82) is 0 Å². The Morgan fingerprint density at radius 3 is 2.61 bits per heavy atom. The molecular weight excluding hydrogens is 350 g/mol. The Hall–Kier alpha value is -1.75. The Morgan fingerprint density at radius 1 is 1.18 bits per heavy atom. The highest BCUT2D eigenvalue weighted by molar-refractivity contribution is 5.81. The van der Waals surface area contributed by atoms with E-state index >= 15 is 0 Å². The van der Waals surface area contributed by atoms with Gasteiger partial charge in [-0.3, -0.25) is 9.69 Å². The first kappa shape index (κ1) is 21.0. The molecule has 1 saturated heterocycles. The molecule has 1 N–H and O–H groups in total. The smallest absolute Gasteiger partial charge is 0.237 e. The molecule has 0 spiro atoms. The van der Waals surface area contributed by atoms with Gasteiger partial charge in [-0.2, -0.15) is 0 Å². The Morgan fingerprint density at radius 2 is 1.89 bits per heavy atom. The average Bonchev–Trinajstić information content (AvgIpc) is 2.71. The van der Waals surface area contributed by atoms with Crippen LogP contribution in [0.5, 0.6) is 5.75 Å². The number of nitrogens with one attached hydrogen (secondary N) is 1. The van der Waals surface area contributed by atoms with Crippen LogP contribution in [0.3, 0.4) is 0 Å². The van der Waals surface area contributed by atoms with E-state index in [1.165, 1.54) is 12.8 Å². The van der Waals surface area contributed by atoms with Gasteiger partial charge >= 0.3 is 0 Å². The first-order valence-electron chi connectivity index (χ1n) is 11.0. The quantitative estimate of drug-likeness (QED) is 0.811. The van der Waals surface area contributed by atoms with Crippen molar-refractivity contribution in [3.8, 4) is 5.75 Å². The van der Waals surface area contributed by atoms with E-state index in [0.29, 0.717) is 24.5 Å². The highest BCUT2D eigenvalue weighted by Crippen LogP contribution is 2.30. The number of para-hydroxylation sites is 2. The van der Waals surface area contributed by atoms with E-state index in [1.807, 2.05) is 19.1 Å². The van der Waals surface area contributed by atoms with Crippen LogP contribution < -0.4 is 15.0 Å². The lowest BCUT2D eigenvalue weighted by molar-refractivity contribution is -0.127. The van der Waals surface area contributed by atoms with E-state index in [9.17, 15) is 4.79 Å². The molecule has 0 aromatic heterocycles. The molecular formula is C23H37N3O2. The maximum atomic E-state index is 12.9. The molecule has 4 atom stereocenters. The zero-order valence-corrected chi connectivity index (χ0v) is 18.0. The van der Waals surface area contributed by atoms with Crippen molar-refractivity contribution < 1.29 is 9.53 Å². The first-order valence-corrected chi connectivity index (χ1v) is 11.0. The van der Waals surface area contributed by atoms with E-state index < -0.39 is 0 Å². The van der Waals surface area contributed by atoms with Gasteiger partial charge in [0.05, 0.1) is 18.3 Å². The van der Waals surface area contributed by atoms with Gasteiger partial charge in [0.2, 0.25) is 5.91 Å². The van der Waals surface area contributed by atoms with Crippen molar-refractivity contribution in [3.05, 3.63) is 24.3 Å². The molecule has 2 fully saturated rings. The zero-order valence-electron chi connectivity index (χ0n) is 18.0. The summed E-state index contributed by atoms with van der Waals surface area (Å²) in [5, 5.41) is 3.35. The van der Waals surface area contributed by atoms with Crippen molar-refractivity contribution in [2.24, 2.45) is 11.8 Å². The lowest BCUT2D eigenvalue weighted by Gasteiger charge is -2.40. The fourth-order valence-corrected chi connectivity index (χ4v) is 4.60. The van der Waals surface area contributed by atoms with E-state index in [1.54, 1.807) is 0 Å². The van der Waals surface area contributed by atoms with Crippen molar-refractivity contribution in [1.82, 2.24) is 10.2 Å². The van der Waals surface area contributed by atoms with Crippen LogP contribution in [0, 0.1) is 11.8 Å². The highest BCUT2D eigenvalue weighted by Gasteiger charge is 2.31. The molecule has 1 aliphatic carbocycles. The summed E-state index contributed by atoms with van der Waals surface area (Å²) in [6.07, 6.45) is 3.63. The van der Waals surface area contributed by atoms with Crippen molar-refractivity contribution >= 4 is 11.6 Å². The maximum absolute atomic E-state index is 12.9. The fourth-order valence-electron chi connectivity index (χ4n) is 4.60. The molecule has 5 nitrogen and oxygen atoms in total. The lowest BCUT2D eigenvalue weighted by Crippen LogP contribution is -2.56. The molecule has 5 heteroatoms. The number of hydrogen-bond acceptors (Lipinski definition) is 4. The summed E-state index contributed by atoms with van der Waals surface area (Å²) < 4.78 is 5.79. The van der Waals surface area contributed by atoms with E-state index in [0.717, 1.165) is 44.0 Å². The van der Waals surface area contributed by atoms with Gasteiger partial charge in [0.25, 0.3) is 0 Å². The van der Waals surface area contributed by atoms with Gasteiger partial charge in [-0.15, -0.1) is 0 Å². The second kappa shape index (κ2) is 9.64. The summed E-state index contributed by atoms with van der Waals surface area (Å²) in [6, 6.07) is 8.50. The summed E-state index contributed by atoms with van der Waals surface area (Å²) in [5.41, 5.74) is 1.16. The zero-order chi connectivity index (χ0) is 20.1. The Labute approximate surface area is 170 Å². The minimum absolute atomic E-state index is 0.0753. The van der Waals surface area contributed by atoms with Gasteiger partial charge in [0.15, 0.2) is 0 Å². The molecule has 156 valence electrons. The van der Waals surface area contributed by atoms with E-state index in [4.69, 9.17) is 4.74 Å². The van der Waals surface area contributed by atoms with Crippen LogP contribution in [0.1, 0.15) is 47.0 Å². The van der Waals surface area contributed by atoms with Crippen LogP contribution >= 0.6 is 0 Å². The number of amides is 1. The molecule has 1 aromatic rings. The Balaban J connectivity index is 1.53. The number of ether oxygens (including phenoxy) is 1. The summed E-state index contributed by atoms with van der Waals surface area (Å²) in [5.74, 6) is 2.40. The van der Waals surface area contributed by atoms with Crippen LogP contribution in [0.2, 0.25) is 0 Å². The first-order chi connectivity index (χ1) is 13.5. The second-order valence-electron chi connectivity index (χ2n) is 8.48. The molecule has 0 bridgehead atoms. The highest BCUT2D eigenvalue weighted by atomic mass is 16.5. The molecule has 1 heterocycles. The molecule has 1 aliphatic heterocycles. The van der Waals surface area contributed by atoms with Crippen LogP contribution in [0.25, 0.3) is 0 Å².